The minimum absolute atomic E-state index is 0.00667. The number of ether oxygens (including phenoxy) is 3. The first-order valence-electron chi connectivity index (χ1n) is 21.9. The first kappa shape index (κ1) is 41.4. The number of aryl methyl sites for hydroxylation is 1. The third kappa shape index (κ3) is 6.62. The zero-order chi connectivity index (χ0) is 44.3. The number of amides is 2. The quantitative estimate of drug-likeness (QED) is 0.114. The van der Waals surface area contributed by atoms with Gasteiger partial charge in [0.2, 0.25) is 0 Å². The van der Waals surface area contributed by atoms with Crippen molar-refractivity contribution in [3.63, 3.8) is 0 Å². The predicted molar refractivity (Wildman–Crippen MR) is 251 cm³/mol. The van der Waals surface area contributed by atoms with Gasteiger partial charge >= 0.3 is 0 Å². The van der Waals surface area contributed by atoms with E-state index in [4.69, 9.17) is 14.2 Å². The molecule has 4 heterocycles. The molecule has 7 aromatic rings. The van der Waals surface area contributed by atoms with E-state index < -0.39 is 13.7 Å². The molecule has 10 rings (SSSR count). The fourth-order valence-corrected chi connectivity index (χ4v) is 14.9. The third-order valence-corrected chi connectivity index (χ3v) is 18.4. The van der Waals surface area contributed by atoms with E-state index in [0.717, 1.165) is 50.3 Å². The molecule has 0 bridgehead atoms. The monoisotopic (exact) mass is 869 g/mol. The summed E-state index contributed by atoms with van der Waals surface area (Å²) in [4.78, 5) is 32.9. The number of aromatic nitrogens is 3. The molecule has 2 amide bonds. The second kappa shape index (κ2) is 16.2. The van der Waals surface area contributed by atoms with Crippen LogP contribution in [0.1, 0.15) is 52.0 Å². The van der Waals surface area contributed by atoms with E-state index in [9.17, 15) is 9.90 Å². The van der Waals surface area contributed by atoms with Crippen LogP contribution in [0.4, 0.5) is 17.1 Å². The van der Waals surface area contributed by atoms with Crippen molar-refractivity contribution in [3.8, 4) is 11.5 Å². The molecule has 3 aliphatic rings. The first-order valence-corrected chi connectivity index (χ1v) is 25.0. The lowest BCUT2D eigenvalue weighted by Gasteiger charge is -2.37. The van der Waals surface area contributed by atoms with Crippen LogP contribution in [-0.2, 0) is 28.2 Å². The van der Waals surface area contributed by atoms with Gasteiger partial charge in [0.1, 0.15) is 11.5 Å². The van der Waals surface area contributed by atoms with Crippen molar-refractivity contribution >= 4 is 52.9 Å². The lowest BCUT2D eigenvalue weighted by molar-refractivity contribution is -0.146. The molecule has 12 heteroatoms. The summed E-state index contributed by atoms with van der Waals surface area (Å²) in [6.07, 6.45) is 2.18. The van der Waals surface area contributed by atoms with Gasteiger partial charge in [-0.1, -0.05) is 109 Å². The maximum absolute atomic E-state index is 15.6. The molecular formula is C52H51N5O6Si. The molecular weight excluding hydrogens is 819 g/mol. The van der Waals surface area contributed by atoms with Crippen molar-refractivity contribution in [2.45, 2.75) is 62.7 Å². The van der Waals surface area contributed by atoms with E-state index in [1.54, 1.807) is 19.1 Å². The summed E-state index contributed by atoms with van der Waals surface area (Å²) in [7, 11) is 0.888. The lowest BCUT2D eigenvalue weighted by Crippen LogP contribution is -2.51. The largest absolute Gasteiger partial charge is 0.497 e. The van der Waals surface area contributed by atoms with Crippen LogP contribution >= 0.6 is 0 Å². The highest BCUT2D eigenvalue weighted by Gasteiger charge is 2.66. The maximum Gasteiger partial charge on any atom is 0.264 e. The van der Waals surface area contributed by atoms with Crippen LogP contribution < -0.4 is 24.5 Å². The Morgan fingerprint density at radius 1 is 0.828 bits per heavy atom. The van der Waals surface area contributed by atoms with Gasteiger partial charge in [-0.15, -0.1) is 5.10 Å². The first-order chi connectivity index (χ1) is 31.1. The van der Waals surface area contributed by atoms with Crippen LogP contribution in [0, 0.1) is 5.92 Å². The smallest absolute Gasteiger partial charge is 0.264 e. The van der Waals surface area contributed by atoms with Gasteiger partial charge in [0, 0.05) is 35.3 Å². The Hall–Kier alpha value is -6.60. The van der Waals surface area contributed by atoms with E-state index in [0.29, 0.717) is 36.5 Å². The van der Waals surface area contributed by atoms with E-state index in [2.05, 4.69) is 42.5 Å². The van der Waals surface area contributed by atoms with E-state index in [-0.39, 0.29) is 41.9 Å². The molecule has 324 valence electrons. The average Bonchev–Trinajstić information content (AvgIpc) is 4.05. The number of hydrogen-bond donors (Lipinski definition) is 1. The fourth-order valence-electron chi connectivity index (χ4n) is 10.8. The SMILES string of the molecule is COc1ccc([Si](C)(C)[C@@H]2[C@@H](CCn3cc(C(CO)c4ccccc4)nn3)O[C@]3(C(=O)N(Cc4ccc(N5C(=O)c6cccc7cccc5c67)cc4)c4ccc(OC)cc43)[C@H]2C)cc1. The molecule has 0 saturated carbocycles. The number of benzene rings is 6. The van der Waals surface area contributed by atoms with Gasteiger partial charge in [0.25, 0.3) is 11.8 Å². The van der Waals surface area contributed by atoms with Gasteiger partial charge in [-0.05, 0) is 83.1 Å². The van der Waals surface area contributed by atoms with Gasteiger partial charge in [-0.25, -0.2) is 0 Å². The lowest BCUT2D eigenvalue weighted by atomic mass is 9.82. The van der Waals surface area contributed by atoms with Crippen molar-refractivity contribution in [2.24, 2.45) is 5.92 Å². The summed E-state index contributed by atoms with van der Waals surface area (Å²) in [5, 5.41) is 22.6. The zero-order valence-electron chi connectivity index (χ0n) is 36.6. The summed E-state index contributed by atoms with van der Waals surface area (Å²) in [6, 6.07) is 43.9. The molecule has 6 aromatic carbocycles. The molecule has 0 aliphatic carbocycles. The second-order valence-electron chi connectivity index (χ2n) is 17.8. The molecule has 1 spiro atoms. The van der Waals surface area contributed by atoms with Crippen LogP contribution in [0.15, 0.2) is 140 Å². The van der Waals surface area contributed by atoms with Crippen molar-refractivity contribution in [1.29, 1.82) is 0 Å². The Labute approximate surface area is 373 Å². The van der Waals surface area contributed by atoms with E-state index in [1.807, 2.05) is 137 Å². The Morgan fingerprint density at radius 3 is 2.27 bits per heavy atom. The number of anilines is 3. The molecule has 0 radical (unpaired) electrons. The number of carbonyl (C=O) groups is 2. The molecule has 64 heavy (non-hydrogen) atoms. The van der Waals surface area contributed by atoms with Gasteiger partial charge in [0.05, 0.1) is 70.1 Å². The number of aliphatic hydroxyl groups is 1. The standard InChI is InChI=1S/C52H51N5O6Si/c1-33-49(64(4,5)40-24-21-38(61-2)22-25-40)47(27-28-55-31-44(53-54-55)42(32-58)35-11-7-6-8-12-35)63-52(33)43-29-39(62-3)23-26-45(43)56(51(52)60)30-34-17-19-37(20-18-34)57-46-16-10-14-36-13-9-15-41(48(36)46)50(57)59/h6-26,29,31,33,42,47,49,58H,27-28,30,32H2,1-5H3/t33-,42?,47+,49-,52+/m0/s1. The average molecular weight is 870 g/mol. The summed E-state index contributed by atoms with van der Waals surface area (Å²) < 4.78 is 20.6. The summed E-state index contributed by atoms with van der Waals surface area (Å²) in [5.41, 5.74) is 5.23. The van der Waals surface area contributed by atoms with Crippen LogP contribution in [0.5, 0.6) is 11.5 Å². The van der Waals surface area contributed by atoms with Crippen molar-refractivity contribution in [3.05, 3.63) is 168 Å². The second-order valence-corrected chi connectivity index (χ2v) is 22.4. The molecule has 1 fully saturated rings. The maximum atomic E-state index is 15.6. The highest BCUT2D eigenvalue weighted by atomic mass is 28.3. The van der Waals surface area contributed by atoms with Crippen molar-refractivity contribution in [1.82, 2.24) is 15.0 Å². The van der Waals surface area contributed by atoms with Crippen LogP contribution in [0.3, 0.4) is 0 Å². The number of aliphatic hydroxyl groups excluding tert-OH is 1. The number of hydrogen-bond acceptors (Lipinski definition) is 8. The van der Waals surface area contributed by atoms with Crippen molar-refractivity contribution < 1.29 is 28.9 Å². The molecule has 1 saturated heterocycles. The Bertz CT molecular complexity index is 2880. The minimum Gasteiger partial charge on any atom is -0.497 e. The molecule has 1 N–H and O–H groups in total. The number of rotatable bonds is 13. The van der Waals surface area contributed by atoms with Gasteiger partial charge in [-0.3, -0.25) is 19.2 Å². The predicted octanol–water partition coefficient (Wildman–Crippen LogP) is 8.72. The summed E-state index contributed by atoms with van der Waals surface area (Å²) in [6.45, 7) is 7.66. The Morgan fingerprint density at radius 2 is 1.55 bits per heavy atom. The number of carbonyl (C=O) groups excluding carboxylic acids is 2. The third-order valence-electron chi connectivity index (χ3n) is 14.1. The Kier molecular flexibility index (Phi) is 10.5. The molecule has 5 atom stereocenters. The highest BCUT2D eigenvalue weighted by Crippen LogP contribution is 2.60. The van der Waals surface area contributed by atoms with Crippen LogP contribution in [0.2, 0.25) is 18.6 Å². The van der Waals surface area contributed by atoms with E-state index in [1.165, 1.54) is 5.19 Å². The molecule has 11 nitrogen and oxygen atoms in total. The topological polar surface area (TPSA) is 119 Å². The number of nitrogens with zero attached hydrogens (tertiary/aromatic N) is 5. The minimum atomic E-state index is -2.43. The number of fused-ring (bicyclic) bond motifs is 2. The van der Waals surface area contributed by atoms with Gasteiger partial charge in [-0.2, -0.15) is 0 Å². The van der Waals surface area contributed by atoms with Gasteiger partial charge in [0.15, 0.2) is 5.60 Å². The normalized spacial score (nSPS) is 20.7. The van der Waals surface area contributed by atoms with Crippen LogP contribution in [0.25, 0.3) is 10.8 Å². The Balaban J connectivity index is 0.982. The van der Waals surface area contributed by atoms with Crippen molar-refractivity contribution in [2.75, 3.05) is 30.6 Å². The summed E-state index contributed by atoms with van der Waals surface area (Å²) >= 11 is 0. The van der Waals surface area contributed by atoms with E-state index >= 15 is 4.79 Å². The summed E-state index contributed by atoms with van der Waals surface area (Å²) in [5.74, 6) is 0.768. The molecule has 1 unspecified atom stereocenters. The highest BCUT2D eigenvalue weighted by molar-refractivity contribution is 6.91. The molecule has 3 aliphatic heterocycles. The fraction of sp³-hybridized carbons (Fsp3) is 0.269. The zero-order valence-corrected chi connectivity index (χ0v) is 37.6. The molecule has 1 aromatic heterocycles. The van der Waals surface area contributed by atoms with Gasteiger partial charge < -0.3 is 24.2 Å². The van der Waals surface area contributed by atoms with Crippen LogP contribution in [-0.4, -0.2) is 66.9 Å². The number of methoxy groups -OCH3 is 2.